The van der Waals surface area contributed by atoms with E-state index < -0.39 is 0 Å². The van der Waals surface area contributed by atoms with Crippen LogP contribution in [0.2, 0.25) is 0 Å². The maximum Gasteiger partial charge on any atom is 0.229 e. The van der Waals surface area contributed by atoms with Crippen LogP contribution in [0.5, 0.6) is 5.75 Å². The molecule has 0 aliphatic rings. The molecule has 7 heteroatoms. The van der Waals surface area contributed by atoms with Crippen molar-refractivity contribution in [3.05, 3.63) is 71.1 Å². The second-order valence-electron chi connectivity index (χ2n) is 7.25. The fraction of sp³-hybridized carbons (Fsp3) is 0.208. The Labute approximate surface area is 185 Å². The zero-order valence-electron chi connectivity index (χ0n) is 17.8. The number of thiazole rings is 1. The molecule has 2 heterocycles. The Bertz CT molecular complexity index is 1190. The summed E-state index contributed by atoms with van der Waals surface area (Å²) >= 11 is 1.53. The summed E-state index contributed by atoms with van der Waals surface area (Å²) in [6.07, 6.45) is 0.321. The molecule has 1 N–H and O–H groups in total. The second-order valence-corrected chi connectivity index (χ2v) is 8.11. The Hall–Kier alpha value is -3.45. The highest BCUT2D eigenvalue weighted by atomic mass is 32.1. The van der Waals surface area contributed by atoms with Gasteiger partial charge in [-0.3, -0.25) is 9.48 Å². The van der Waals surface area contributed by atoms with Gasteiger partial charge in [0.25, 0.3) is 0 Å². The number of aromatic nitrogens is 3. The molecule has 0 radical (unpaired) electrons. The van der Waals surface area contributed by atoms with Gasteiger partial charge in [-0.05, 0) is 43.7 Å². The molecule has 31 heavy (non-hydrogen) atoms. The standard InChI is InChI=1S/C24H24N4O2S/c1-4-30-19-10-8-18(9-11-19)21-15-31-24(25-21)20-14-22(28(3)27-20)26-23(29)13-17-7-5-6-16(2)12-17/h5-12,14-15H,4,13H2,1-3H3,(H,26,29). The summed E-state index contributed by atoms with van der Waals surface area (Å²) in [6.45, 7) is 4.63. The maximum atomic E-state index is 12.5. The van der Waals surface area contributed by atoms with Gasteiger partial charge in [0.2, 0.25) is 5.91 Å². The van der Waals surface area contributed by atoms with Gasteiger partial charge in [0.15, 0.2) is 0 Å². The van der Waals surface area contributed by atoms with Crippen LogP contribution in [0.15, 0.2) is 60.0 Å². The van der Waals surface area contributed by atoms with Crippen molar-refractivity contribution < 1.29 is 9.53 Å². The quantitative estimate of drug-likeness (QED) is 0.441. The van der Waals surface area contributed by atoms with E-state index in [0.717, 1.165) is 38.8 Å². The minimum atomic E-state index is -0.0747. The molecule has 6 nitrogen and oxygen atoms in total. The zero-order valence-corrected chi connectivity index (χ0v) is 18.6. The first-order valence-corrected chi connectivity index (χ1v) is 11.0. The molecule has 0 aliphatic carbocycles. The van der Waals surface area contributed by atoms with Crippen LogP contribution in [0.1, 0.15) is 18.1 Å². The molecule has 1 amide bonds. The summed E-state index contributed by atoms with van der Waals surface area (Å²) in [7, 11) is 1.81. The summed E-state index contributed by atoms with van der Waals surface area (Å²) in [4.78, 5) is 17.2. The van der Waals surface area contributed by atoms with Crippen molar-refractivity contribution in [2.75, 3.05) is 11.9 Å². The molecule has 0 aliphatic heterocycles. The molecule has 0 saturated heterocycles. The molecule has 2 aromatic heterocycles. The van der Waals surface area contributed by atoms with Gasteiger partial charge < -0.3 is 10.1 Å². The van der Waals surface area contributed by atoms with Crippen molar-refractivity contribution in [3.8, 4) is 27.7 Å². The number of rotatable bonds is 7. The largest absolute Gasteiger partial charge is 0.494 e. The fourth-order valence-electron chi connectivity index (χ4n) is 3.30. The lowest BCUT2D eigenvalue weighted by molar-refractivity contribution is -0.115. The lowest BCUT2D eigenvalue weighted by atomic mass is 10.1. The van der Waals surface area contributed by atoms with Gasteiger partial charge in [-0.2, -0.15) is 5.10 Å². The van der Waals surface area contributed by atoms with E-state index in [-0.39, 0.29) is 5.91 Å². The van der Waals surface area contributed by atoms with Crippen LogP contribution in [0.3, 0.4) is 0 Å². The minimum absolute atomic E-state index is 0.0747. The highest BCUT2D eigenvalue weighted by Crippen LogP contribution is 2.30. The van der Waals surface area contributed by atoms with Gasteiger partial charge in [-0.15, -0.1) is 11.3 Å². The zero-order chi connectivity index (χ0) is 21.8. The molecule has 0 atom stereocenters. The van der Waals surface area contributed by atoms with Crippen LogP contribution in [-0.2, 0) is 18.3 Å². The Morgan fingerprint density at radius 3 is 2.68 bits per heavy atom. The number of benzene rings is 2. The molecule has 0 spiro atoms. The Kier molecular flexibility index (Phi) is 6.13. The third-order valence-electron chi connectivity index (χ3n) is 4.78. The molecule has 0 unspecified atom stereocenters. The number of carbonyl (C=O) groups is 1. The van der Waals surface area contributed by atoms with Crippen LogP contribution in [0.25, 0.3) is 22.0 Å². The Morgan fingerprint density at radius 1 is 1.13 bits per heavy atom. The van der Waals surface area contributed by atoms with Gasteiger partial charge in [-0.1, -0.05) is 29.8 Å². The van der Waals surface area contributed by atoms with E-state index in [0.29, 0.717) is 18.8 Å². The molecule has 4 rings (SSSR count). The number of anilines is 1. The second kappa shape index (κ2) is 9.14. The molecular formula is C24H24N4O2S. The van der Waals surface area contributed by atoms with Crippen molar-refractivity contribution in [2.24, 2.45) is 7.05 Å². The van der Waals surface area contributed by atoms with Crippen LogP contribution < -0.4 is 10.1 Å². The first-order chi connectivity index (χ1) is 15.0. The number of nitrogens with zero attached hydrogens (tertiary/aromatic N) is 3. The van der Waals surface area contributed by atoms with Crippen LogP contribution in [0.4, 0.5) is 5.82 Å². The van der Waals surface area contributed by atoms with E-state index >= 15 is 0 Å². The van der Waals surface area contributed by atoms with Gasteiger partial charge in [0.1, 0.15) is 22.3 Å². The van der Waals surface area contributed by atoms with Crippen molar-refractivity contribution >= 4 is 23.1 Å². The topological polar surface area (TPSA) is 69.0 Å². The third kappa shape index (κ3) is 5.00. The Balaban J connectivity index is 1.47. The molecular weight excluding hydrogens is 408 g/mol. The lowest BCUT2D eigenvalue weighted by Gasteiger charge is -2.05. The van der Waals surface area contributed by atoms with Crippen molar-refractivity contribution in [1.29, 1.82) is 0 Å². The third-order valence-corrected chi connectivity index (χ3v) is 5.64. The first-order valence-electron chi connectivity index (χ1n) is 10.1. The number of amides is 1. The monoisotopic (exact) mass is 432 g/mol. The highest BCUT2D eigenvalue weighted by molar-refractivity contribution is 7.13. The van der Waals surface area contributed by atoms with Gasteiger partial charge in [0.05, 0.1) is 18.7 Å². The van der Waals surface area contributed by atoms with Crippen molar-refractivity contribution in [1.82, 2.24) is 14.8 Å². The predicted molar refractivity (Wildman–Crippen MR) is 124 cm³/mol. The van der Waals surface area contributed by atoms with Gasteiger partial charge in [0, 0.05) is 24.1 Å². The summed E-state index contributed by atoms with van der Waals surface area (Å²) < 4.78 is 7.17. The van der Waals surface area contributed by atoms with E-state index in [4.69, 9.17) is 9.72 Å². The van der Waals surface area contributed by atoms with E-state index in [1.807, 2.05) is 80.9 Å². The average molecular weight is 433 g/mol. The molecule has 0 fully saturated rings. The van der Waals surface area contributed by atoms with Gasteiger partial charge in [-0.25, -0.2) is 4.98 Å². The number of hydrogen-bond donors (Lipinski definition) is 1. The fourth-order valence-corrected chi connectivity index (χ4v) is 4.08. The summed E-state index contributed by atoms with van der Waals surface area (Å²) in [5, 5.41) is 10.3. The van der Waals surface area contributed by atoms with Gasteiger partial charge >= 0.3 is 0 Å². The van der Waals surface area contributed by atoms with Crippen LogP contribution in [0, 0.1) is 6.92 Å². The number of nitrogens with one attached hydrogen (secondary N) is 1. The normalized spacial score (nSPS) is 10.8. The van der Waals surface area contributed by atoms with E-state index in [1.165, 1.54) is 11.3 Å². The minimum Gasteiger partial charge on any atom is -0.494 e. The van der Waals surface area contributed by atoms with Crippen molar-refractivity contribution in [3.63, 3.8) is 0 Å². The first kappa shape index (κ1) is 20.8. The van der Waals surface area contributed by atoms with E-state index in [1.54, 1.807) is 4.68 Å². The Morgan fingerprint density at radius 2 is 1.94 bits per heavy atom. The predicted octanol–water partition coefficient (Wildman–Crippen LogP) is 5.10. The maximum absolute atomic E-state index is 12.5. The highest BCUT2D eigenvalue weighted by Gasteiger charge is 2.14. The lowest BCUT2D eigenvalue weighted by Crippen LogP contribution is -2.16. The van der Waals surface area contributed by atoms with E-state index in [9.17, 15) is 4.79 Å². The molecule has 0 saturated carbocycles. The van der Waals surface area contributed by atoms with Crippen molar-refractivity contribution in [2.45, 2.75) is 20.3 Å². The van der Waals surface area contributed by atoms with Crippen LogP contribution >= 0.6 is 11.3 Å². The molecule has 4 aromatic rings. The number of aryl methyl sites for hydroxylation is 2. The summed E-state index contributed by atoms with van der Waals surface area (Å²) in [5.41, 5.74) is 4.77. The molecule has 0 bridgehead atoms. The summed E-state index contributed by atoms with van der Waals surface area (Å²) in [6, 6.07) is 17.7. The average Bonchev–Trinajstić information content (AvgIpc) is 3.36. The molecule has 2 aromatic carbocycles. The van der Waals surface area contributed by atoms with E-state index in [2.05, 4.69) is 10.4 Å². The number of ether oxygens (including phenoxy) is 1. The summed E-state index contributed by atoms with van der Waals surface area (Å²) in [5.74, 6) is 1.41. The number of carbonyl (C=O) groups excluding carboxylic acids is 1. The van der Waals surface area contributed by atoms with Crippen LogP contribution in [-0.4, -0.2) is 27.3 Å². The number of hydrogen-bond acceptors (Lipinski definition) is 5. The SMILES string of the molecule is CCOc1ccc(-c2csc(-c3cc(NC(=O)Cc4cccc(C)c4)n(C)n3)n2)cc1. The smallest absolute Gasteiger partial charge is 0.229 e. The molecule has 158 valence electrons.